The summed E-state index contributed by atoms with van der Waals surface area (Å²) in [5, 5.41) is 6.92. The summed E-state index contributed by atoms with van der Waals surface area (Å²) in [6.45, 7) is 3.12. The molecule has 1 aliphatic heterocycles. The van der Waals surface area contributed by atoms with Gasteiger partial charge in [0.1, 0.15) is 0 Å². The Morgan fingerprint density at radius 1 is 1.08 bits per heavy atom. The van der Waals surface area contributed by atoms with Crippen molar-refractivity contribution in [1.29, 1.82) is 0 Å². The number of nitrogens with zero attached hydrogens (tertiary/aromatic N) is 1. The summed E-state index contributed by atoms with van der Waals surface area (Å²) < 4.78 is 11.3. The number of halogens is 1. The van der Waals surface area contributed by atoms with E-state index in [4.69, 9.17) is 9.47 Å². The second-order valence-electron chi connectivity index (χ2n) is 6.99. The molecule has 1 heterocycles. The largest absolute Gasteiger partial charge is 0.381 e. The number of aliphatic imine (C=N–C) groups is 1. The van der Waals surface area contributed by atoms with Gasteiger partial charge in [0, 0.05) is 32.8 Å². The van der Waals surface area contributed by atoms with Crippen molar-refractivity contribution in [2.45, 2.75) is 63.8 Å². The fourth-order valence-corrected chi connectivity index (χ4v) is 3.45. The summed E-state index contributed by atoms with van der Waals surface area (Å²) in [4.78, 5) is 4.33. The Hall–Kier alpha value is -0.860. The molecule has 1 aliphatic carbocycles. The van der Waals surface area contributed by atoms with Crippen LogP contribution in [-0.2, 0) is 22.6 Å². The van der Waals surface area contributed by atoms with Crippen LogP contribution in [0.1, 0.15) is 49.7 Å². The molecule has 0 unspecified atom stereocenters. The van der Waals surface area contributed by atoms with Crippen molar-refractivity contribution in [3.63, 3.8) is 0 Å². The number of hydrogen-bond donors (Lipinski definition) is 2. The van der Waals surface area contributed by atoms with E-state index in [1.165, 1.54) is 36.8 Å². The standard InChI is InChI=1S/C20H31N3O2.HI/c1-21-20(23-18-4-2-3-5-18)22-14-16-6-8-17(9-7-16)15-25-19-10-12-24-13-11-19;/h6-9,18-19H,2-5,10-15H2,1H3,(H2,21,22,23);1H. The quantitative estimate of drug-likeness (QED) is 0.377. The Bertz CT molecular complexity index is 538. The second kappa shape index (κ2) is 11.8. The van der Waals surface area contributed by atoms with Crippen LogP contribution in [0.5, 0.6) is 0 Å². The highest BCUT2D eigenvalue weighted by molar-refractivity contribution is 14.0. The zero-order valence-corrected chi connectivity index (χ0v) is 18.0. The van der Waals surface area contributed by atoms with Gasteiger partial charge in [-0.1, -0.05) is 37.1 Å². The van der Waals surface area contributed by atoms with Gasteiger partial charge in [-0.2, -0.15) is 0 Å². The lowest BCUT2D eigenvalue weighted by atomic mass is 10.1. The van der Waals surface area contributed by atoms with Gasteiger partial charge in [0.15, 0.2) is 5.96 Å². The molecule has 0 aromatic heterocycles. The molecular weight excluding hydrogens is 441 g/mol. The van der Waals surface area contributed by atoms with Crippen molar-refractivity contribution >= 4 is 29.9 Å². The highest BCUT2D eigenvalue weighted by Crippen LogP contribution is 2.17. The van der Waals surface area contributed by atoms with E-state index in [1.54, 1.807) is 0 Å². The molecule has 6 heteroatoms. The maximum Gasteiger partial charge on any atom is 0.191 e. The van der Waals surface area contributed by atoms with Crippen LogP contribution in [0.4, 0.5) is 0 Å². The first-order valence-corrected chi connectivity index (χ1v) is 9.58. The number of benzene rings is 1. The summed E-state index contributed by atoms with van der Waals surface area (Å²) in [6.07, 6.45) is 7.52. The molecule has 1 aromatic carbocycles. The minimum absolute atomic E-state index is 0. The Labute approximate surface area is 174 Å². The molecule has 1 saturated carbocycles. The van der Waals surface area contributed by atoms with Crippen molar-refractivity contribution < 1.29 is 9.47 Å². The number of guanidine groups is 1. The van der Waals surface area contributed by atoms with Gasteiger partial charge in [0.05, 0.1) is 12.7 Å². The van der Waals surface area contributed by atoms with Gasteiger partial charge in [0.25, 0.3) is 0 Å². The third-order valence-corrected chi connectivity index (χ3v) is 5.06. The van der Waals surface area contributed by atoms with Crippen molar-refractivity contribution in [2.75, 3.05) is 20.3 Å². The molecule has 1 saturated heterocycles. The average Bonchev–Trinajstić information content (AvgIpc) is 3.18. The summed E-state index contributed by atoms with van der Waals surface area (Å²) in [7, 11) is 1.83. The first kappa shape index (κ1) is 21.4. The normalized spacial score (nSPS) is 19.2. The zero-order chi connectivity index (χ0) is 17.3. The molecule has 0 amide bonds. The summed E-state index contributed by atoms with van der Waals surface area (Å²) in [5.74, 6) is 0.902. The van der Waals surface area contributed by atoms with E-state index in [9.17, 15) is 0 Å². The third kappa shape index (κ3) is 7.04. The molecule has 26 heavy (non-hydrogen) atoms. The van der Waals surface area contributed by atoms with Crippen molar-refractivity contribution in [1.82, 2.24) is 10.6 Å². The maximum atomic E-state index is 5.97. The minimum atomic E-state index is 0. The lowest BCUT2D eigenvalue weighted by Crippen LogP contribution is -2.41. The van der Waals surface area contributed by atoms with Crippen LogP contribution in [-0.4, -0.2) is 38.4 Å². The van der Waals surface area contributed by atoms with Gasteiger partial charge >= 0.3 is 0 Å². The molecule has 0 spiro atoms. The topological polar surface area (TPSA) is 54.9 Å². The van der Waals surface area contributed by atoms with Crippen LogP contribution < -0.4 is 10.6 Å². The smallest absolute Gasteiger partial charge is 0.191 e. The Balaban J connectivity index is 0.00000243. The van der Waals surface area contributed by atoms with Gasteiger partial charge in [-0.25, -0.2) is 0 Å². The van der Waals surface area contributed by atoms with Crippen LogP contribution in [0.15, 0.2) is 29.3 Å². The SMILES string of the molecule is CN=C(NCc1ccc(COC2CCOCC2)cc1)NC1CCCC1.I. The highest BCUT2D eigenvalue weighted by Gasteiger charge is 2.16. The zero-order valence-electron chi connectivity index (χ0n) is 15.7. The molecule has 0 atom stereocenters. The van der Waals surface area contributed by atoms with Crippen LogP contribution in [0.25, 0.3) is 0 Å². The minimum Gasteiger partial charge on any atom is -0.381 e. The number of ether oxygens (including phenoxy) is 2. The Morgan fingerprint density at radius 3 is 2.38 bits per heavy atom. The molecule has 3 rings (SSSR count). The number of hydrogen-bond acceptors (Lipinski definition) is 3. The van der Waals surface area contributed by atoms with Crippen molar-refractivity contribution in [2.24, 2.45) is 4.99 Å². The molecule has 2 aliphatic rings. The van der Waals surface area contributed by atoms with Crippen LogP contribution in [0.2, 0.25) is 0 Å². The maximum absolute atomic E-state index is 5.97. The summed E-state index contributed by atoms with van der Waals surface area (Å²) >= 11 is 0. The van der Waals surface area contributed by atoms with Crippen LogP contribution >= 0.6 is 24.0 Å². The molecule has 2 fully saturated rings. The van der Waals surface area contributed by atoms with Gasteiger partial charge in [-0.3, -0.25) is 4.99 Å². The van der Waals surface area contributed by atoms with Crippen LogP contribution in [0, 0.1) is 0 Å². The van der Waals surface area contributed by atoms with E-state index < -0.39 is 0 Å². The molecule has 146 valence electrons. The third-order valence-electron chi connectivity index (χ3n) is 5.06. The fraction of sp³-hybridized carbons (Fsp3) is 0.650. The lowest BCUT2D eigenvalue weighted by molar-refractivity contribution is -0.0390. The number of nitrogens with one attached hydrogen (secondary N) is 2. The van der Waals surface area contributed by atoms with Crippen LogP contribution in [0.3, 0.4) is 0 Å². The highest BCUT2D eigenvalue weighted by atomic mass is 127. The second-order valence-corrected chi connectivity index (χ2v) is 6.99. The first-order chi connectivity index (χ1) is 12.3. The molecular formula is C20H32IN3O2. The fourth-order valence-electron chi connectivity index (χ4n) is 3.45. The van der Waals surface area contributed by atoms with E-state index in [0.717, 1.165) is 38.6 Å². The molecule has 5 nitrogen and oxygen atoms in total. The average molecular weight is 473 g/mol. The first-order valence-electron chi connectivity index (χ1n) is 9.58. The van der Waals surface area contributed by atoms with E-state index in [1.807, 2.05) is 7.05 Å². The van der Waals surface area contributed by atoms with E-state index in [2.05, 4.69) is 39.9 Å². The van der Waals surface area contributed by atoms with Crippen molar-refractivity contribution in [3.8, 4) is 0 Å². The lowest BCUT2D eigenvalue weighted by Gasteiger charge is -2.22. The molecule has 2 N–H and O–H groups in total. The van der Waals surface area contributed by atoms with E-state index in [0.29, 0.717) is 18.8 Å². The van der Waals surface area contributed by atoms with E-state index in [-0.39, 0.29) is 24.0 Å². The Morgan fingerprint density at radius 2 is 1.73 bits per heavy atom. The number of rotatable bonds is 6. The van der Waals surface area contributed by atoms with E-state index >= 15 is 0 Å². The predicted octanol–water partition coefficient (Wildman–Crippen LogP) is 3.61. The van der Waals surface area contributed by atoms with Gasteiger partial charge in [-0.05, 0) is 36.8 Å². The molecule has 1 aromatic rings. The monoisotopic (exact) mass is 473 g/mol. The van der Waals surface area contributed by atoms with Gasteiger partial charge < -0.3 is 20.1 Å². The van der Waals surface area contributed by atoms with Gasteiger partial charge in [-0.15, -0.1) is 24.0 Å². The summed E-state index contributed by atoms with van der Waals surface area (Å²) in [5.41, 5.74) is 2.48. The summed E-state index contributed by atoms with van der Waals surface area (Å²) in [6, 6.07) is 9.22. The molecule has 0 bridgehead atoms. The Kier molecular flexibility index (Phi) is 9.71. The van der Waals surface area contributed by atoms with Gasteiger partial charge in [0.2, 0.25) is 0 Å². The van der Waals surface area contributed by atoms with Crippen molar-refractivity contribution in [3.05, 3.63) is 35.4 Å². The predicted molar refractivity (Wildman–Crippen MR) is 116 cm³/mol. The molecule has 0 radical (unpaired) electrons.